The predicted octanol–water partition coefficient (Wildman–Crippen LogP) is 4.10. The van der Waals surface area contributed by atoms with E-state index in [4.69, 9.17) is 18.6 Å². The first-order valence-corrected chi connectivity index (χ1v) is 13.2. The zero-order valence-corrected chi connectivity index (χ0v) is 21.1. The van der Waals surface area contributed by atoms with E-state index in [9.17, 15) is 8.42 Å². The third-order valence-electron chi connectivity index (χ3n) is 5.84. The molecule has 0 fully saturated rings. The Morgan fingerprint density at radius 1 is 1.06 bits per heavy atom. The van der Waals surface area contributed by atoms with Gasteiger partial charge in [-0.3, -0.25) is 0 Å². The second kappa shape index (κ2) is 11.0. The molecule has 0 spiro atoms. The molecule has 2 aromatic carbocycles. The maximum Gasteiger partial charge on any atom is 0.233 e. The Hall–Kier alpha value is -3.24. The maximum absolute atomic E-state index is 13.7. The van der Waals surface area contributed by atoms with Crippen molar-refractivity contribution in [2.75, 3.05) is 51.8 Å². The Morgan fingerprint density at radius 2 is 1.80 bits per heavy atom. The molecule has 0 aliphatic carbocycles. The first-order valence-electron chi connectivity index (χ1n) is 11.7. The van der Waals surface area contributed by atoms with Crippen molar-refractivity contribution >= 4 is 15.7 Å². The van der Waals surface area contributed by atoms with E-state index in [2.05, 4.69) is 29.0 Å². The monoisotopic (exact) mass is 501 g/mol. The average molecular weight is 502 g/mol. The quantitative estimate of drug-likeness (QED) is 0.389. The molecule has 1 aliphatic rings. The molecule has 35 heavy (non-hydrogen) atoms. The van der Waals surface area contributed by atoms with E-state index >= 15 is 0 Å². The lowest BCUT2D eigenvalue weighted by molar-refractivity contribution is 0.171. The standard InChI is InChI=1S/C25H31N3O6S/c1-4-28(5-2)14-8-13-26-24-25(27-23(34-24)19-9-6-7-10-20(19)31-3)35(29,30)18-11-12-21-22(17-18)33-16-15-32-21/h6-7,9-12,17,26H,4-5,8,13-16H2,1-3H3. The molecule has 2 heterocycles. The first kappa shape index (κ1) is 24.9. The summed E-state index contributed by atoms with van der Waals surface area (Å²) in [6, 6.07) is 11.7. The molecular formula is C25H31N3O6S. The first-order chi connectivity index (χ1) is 17.0. The number of anilines is 1. The van der Waals surface area contributed by atoms with E-state index < -0.39 is 9.84 Å². The number of hydrogen-bond acceptors (Lipinski definition) is 9. The molecule has 9 nitrogen and oxygen atoms in total. The van der Waals surface area contributed by atoms with E-state index in [1.165, 1.54) is 12.1 Å². The number of hydrogen-bond donors (Lipinski definition) is 1. The summed E-state index contributed by atoms with van der Waals surface area (Å²) in [5.74, 6) is 1.69. The number of fused-ring (bicyclic) bond motifs is 1. The third kappa shape index (κ3) is 5.38. The number of ether oxygens (including phenoxy) is 3. The van der Waals surface area contributed by atoms with Gasteiger partial charge >= 0.3 is 0 Å². The molecule has 188 valence electrons. The number of nitrogens with zero attached hydrogens (tertiary/aromatic N) is 2. The highest BCUT2D eigenvalue weighted by molar-refractivity contribution is 7.91. The minimum Gasteiger partial charge on any atom is -0.496 e. The van der Waals surface area contributed by atoms with Gasteiger partial charge in [-0.25, -0.2) is 8.42 Å². The van der Waals surface area contributed by atoms with Gasteiger partial charge in [-0.15, -0.1) is 0 Å². The normalized spacial score (nSPS) is 13.1. The van der Waals surface area contributed by atoms with Crippen molar-refractivity contribution in [3.05, 3.63) is 42.5 Å². The Balaban J connectivity index is 1.69. The third-order valence-corrected chi connectivity index (χ3v) is 7.50. The number of nitrogens with one attached hydrogen (secondary N) is 1. The SMILES string of the molecule is CCN(CC)CCCNc1oc(-c2ccccc2OC)nc1S(=O)(=O)c1ccc2c(c1)OCCO2. The van der Waals surface area contributed by atoms with Crippen LogP contribution in [0, 0.1) is 0 Å². The second-order valence-corrected chi connectivity index (χ2v) is 9.83. The number of sulfone groups is 1. The summed E-state index contributed by atoms with van der Waals surface area (Å²) in [4.78, 5) is 6.77. The van der Waals surface area contributed by atoms with E-state index in [1.807, 2.05) is 12.1 Å². The van der Waals surface area contributed by atoms with Crippen LogP contribution in [0.4, 0.5) is 5.88 Å². The van der Waals surface area contributed by atoms with Crippen LogP contribution in [0.15, 0.2) is 56.8 Å². The minimum atomic E-state index is -4.03. The fourth-order valence-electron chi connectivity index (χ4n) is 3.88. The number of benzene rings is 2. The van der Waals surface area contributed by atoms with Crippen molar-refractivity contribution < 1.29 is 27.0 Å². The number of para-hydroxylation sites is 1. The van der Waals surface area contributed by atoms with Gasteiger partial charge in [0.25, 0.3) is 0 Å². The highest BCUT2D eigenvalue weighted by Crippen LogP contribution is 2.38. The number of methoxy groups -OCH3 is 1. The van der Waals surface area contributed by atoms with Crippen LogP contribution in [0.1, 0.15) is 20.3 Å². The van der Waals surface area contributed by atoms with Crippen molar-refractivity contribution in [2.24, 2.45) is 0 Å². The topological polar surface area (TPSA) is 103 Å². The summed E-state index contributed by atoms with van der Waals surface area (Å²) in [6.45, 7) is 8.35. The Morgan fingerprint density at radius 3 is 2.54 bits per heavy atom. The minimum absolute atomic E-state index is 0.0489. The van der Waals surface area contributed by atoms with Gasteiger partial charge in [-0.2, -0.15) is 4.98 Å². The predicted molar refractivity (Wildman–Crippen MR) is 132 cm³/mol. The summed E-state index contributed by atoms with van der Waals surface area (Å²) >= 11 is 0. The van der Waals surface area contributed by atoms with Crippen molar-refractivity contribution in [1.82, 2.24) is 9.88 Å². The van der Waals surface area contributed by atoms with Gasteiger partial charge < -0.3 is 28.8 Å². The molecule has 0 amide bonds. The Kier molecular flexibility index (Phi) is 7.82. The Labute approximate surface area is 205 Å². The summed E-state index contributed by atoms with van der Waals surface area (Å²) in [5, 5.41) is 2.97. The molecule has 0 radical (unpaired) electrons. The van der Waals surface area contributed by atoms with Crippen LogP contribution in [-0.4, -0.2) is 64.8 Å². The van der Waals surface area contributed by atoms with Gasteiger partial charge in [0.05, 0.1) is 17.6 Å². The lowest BCUT2D eigenvalue weighted by Crippen LogP contribution is -2.25. The highest BCUT2D eigenvalue weighted by Gasteiger charge is 2.30. The van der Waals surface area contributed by atoms with Crippen molar-refractivity contribution in [2.45, 2.75) is 30.2 Å². The summed E-state index contributed by atoms with van der Waals surface area (Å²) in [6.07, 6.45) is 0.815. The molecule has 0 atom stereocenters. The fourth-order valence-corrected chi connectivity index (χ4v) is 5.18. The average Bonchev–Trinajstić information content (AvgIpc) is 3.33. The zero-order chi connectivity index (χ0) is 24.8. The van der Waals surface area contributed by atoms with E-state index in [1.54, 1.807) is 25.3 Å². The van der Waals surface area contributed by atoms with Gasteiger partial charge in [0.1, 0.15) is 19.0 Å². The number of oxazole rings is 1. The highest BCUT2D eigenvalue weighted by atomic mass is 32.2. The van der Waals surface area contributed by atoms with Crippen molar-refractivity contribution in [3.63, 3.8) is 0 Å². The van der Waals surface area contributed by atoms with Gasteiger partial charge in [0.2, 0.25) is 26.6 Å². The van der Waals surface area contributed by atoms with Gasteiger partial charge in [0.15, 0.2) is 11.5 Å². The molecule has 0 saturated carbocycles. The summed E-state index contributed by atoms with van der Waals surface area (Å²) in [5.41, 5.74) is 0.560. The van der Waals surface area contributed by atoms with Crippen LogP contribution in [0.3, 0.4) is 0 Å². The number of rotatable bonds is 11. The van der Waals surface area contributed by atoms with E-state index in [-0.39, 0.29) is 21.7 Å². The Bertz CT molecular complexity index is 1250. The maximum atomic E-state index is 13.7. The van der Waals surface area contributed by atoms with Crippen LogP contribution < -0.4 is 19.5 Å². The summed E-state index contributed by atoms with van der Waals surface area (Å²) in [7, 11) is -2.48. The van der Waals surface area contributed by atoms with Crippen molar-refractivity contribution in [3.8, 4) is 28.7 Å². The lowest BCUT2D eigenvalue weighted by Gasteiger charge is -2.18. The lowest BCUT2D eigenvalue weighted by atomic mass is 10.2. The molecule has 1 aromatic heterocycles. The molecule has 4 rings (SSSR count). The van der Waals surface area contributed by atoms with Crippen molar-refractivity contribution in [1.29, 1.82) is 0 Å². The van der Waals surface area contributed by atoms with Crippen LogP contribution in [0.25, 0.3) is 11.5 Å². The van der Waals surface area contributed by atoms with Gasteiger partial charge in [-0.1, -0.05) is 26.0 Å². The molecule has 0 bridgehead atoms. The molecule has 3 aromatic rings. The smallest absolute Gasteiger partial charge is 0.233 e. The largest absolute Gasteiger partial charge is 0.496 e. The van der Waals surface area contributed by atoms with Gasteiger partial charge in [0, 0.05) is 12.6 Å². The molecule has 1 aliphatic heterocycles. The van der Waals surface area contributed by atoms with Crippen LogP contribution >= 0.6 is 0 Å². The van der Waals surface area contributed by atoms with Crippen LogP contribution in [0.5, 0.6) is 17.2 Å². The molecule has 0 saturated heterocycles. The summed E-state index contributed by atoms with van der Waals surface area (Å²) < 4.78 is 49.9. The molecule has 0 unspecified atom stereocenters. The zero-order valence-electron chi connectivity index (χ0n) is 20.2. The van der Waals surface area contributed by atoms with E-state index in [0.29, 0.717) is 42.6 Å². The molecule has 1 N–H and O–H groups in total. The van der Waals surface area contributed by atoms with Crippen LogP contribution in [0.2, 0.25) is 0 Å². The second-order valence-electron chi connectivity index (χ2n) is 7.97. The molecular weight excluding hydrogens is 470 g/mol. The van der Waals surface area contributed by atoms with Crippen LogP contribution in [-0.2, 0) is 9.84 Å². The van der Waals surface area contributed by atoms with Gasteiger partial charge in [-0.05, 0) is 50.3 Å². The number of aromatic nitrogens is 1. The molecule has 10 heteroatoms. The fraction of sp³-hybridized carbons (Fsp3) is 0.400. The van der Waals surface area contributed by atoms with E-state index in [0.717, 1.165) is 26.1 Å².